The first-order chi connectivity index (χ1) is 14.7. The molecule has 0 aliphatic heterocycles. The molecule has 1 atom stereocenters. The molecule has 2 heterocycles. The number of anilines is 1. The maximum Gasteiger partial charge on any atom is 0.332 e. The van der Waals surface area contributed by atoms with Gasteiger partial charge in [-0.2, -0.15) is 4.98 Å². The van der Waals surface area contributed by atoms with E-state index >= 15 is 0 Å². The number of rotatable bonds is 9. The first-order valence-corrected chi connectivity index (χ1v) is 10.1. The highest BCUT2D eigenvalue weighted by molar-refractivity contribution is 5.74. The summed E-state index contributed by atoms with van der Waals surface area (Å²) in [5.41, 5.74) is -0.408. The zero-order chi connectivity index (χ0) is 22.7. The fraction of sp³-hybridized carbons (Fsp3) is 0.476. The Morgan fingerprint density at radius 2 is 1.74 bits per heavy atom. The molecule has 2 aromatic heterocycles. The number of ether oxygens (including phenoxy) is 2. The SMILES string of the molecule is COc1ccc(OCC(O)Cn2c(NCC(C)C)nc3c2c(=O)n(C)c(=O)n3C)cc1. The summed E-state index contributed by atoms with van der Waals surface area (Å²) in [7, 11) is 4.57. The first-order valence-electron chi connectivity index (χ1n) is 10.1. The molecule has 10 heteroatoms. The van der Waals surface area contributed by atoms with Crippen LogP contribution in [-0.2, 0) is 20.6 Å². The van der Waals surface area contributed by atoms with Crippen molar-refractivity contribution in [2.24, 2.45) is 20.0 Å². The molecule has 0 bridgehead atoms. The quantitative estimate of drug-likeness (QED) is 0.519. The highest BCUT2D eigenvalue weighted by Gasteiger charge is 2.21. The van der Waals surface area contributed by atoms with Gasteiger partial charge in [0.1, 0.15) is 24.2 Å². The van der Waals surface area contributed by atoms with E-state index in [1.54, 1.807) is 43.0 Å². The number of nitrogens with one attached hydrogen (secondary N) is 1. The number of nitrogens with zero attached hydrogens (tertiary/aromatic N) is 4. The van der Waals surface area contributed by atoms with Crippen molar-refractivity contribution in [1.29, 1.82) is 0 Å². The lowest BCUT2D eigenvalue weighted by Gasteiger charge is -2.16. The third kappa shape index (κ3) is 4.74. The van der Waals surface area contributed by atoms with Crippen LogP contribution in [0, 0.1) is 5.92 Å². The highest BCUT2D eigenvalue weighted by Crippen LogP contribution is 2.19. The monoisotopic (exact) mass is 431 g/mol. The van der Waals surface area contributed by atoms with Crippen LogP contribution < -0.4 is 26.0 Å². The maximum absolute atomic E-state index is 12.8. The van der Waals surface area contributed by atoms with Crippen LogP contribution in [0.2, 0.25) is 0 Å². The average Bonchev–Trinajstić information content (AvgIpc) is 3.11. The van der Waals surface area contributed by atoms with Crippen molar-refractivity contribution in [2.75, 3.05) is 25.6 Å². The molecule has 31 heavy (non-hydrogen) atoms. The molecule has 0 fully saturated rings. The lowest BCUT2D eigenvalue weighted by Crippen LogP contribution is -2.38. The van der Waals surface area contributed by atoms with Crippen molar-refractivity contribution >= 4 is 17.1 Å². The van der Waals surface area contributed by atoms with Crippen LogP contribution in [-0.4, -0.2) is 50.2 Å². The van der Waals surface area contributed by atoms with Crippen molar-refractivity contribution in [3.05, 3.63) is 45.1 Å². The minimum atomic E-state index is -0.916. The summed E-state index contributed by atoms with van der Waals surface area (Å²) in [5, 5.41) is 13.8. The van der Waals surface area contributed by atoms with E-state index in [4.69, 9.17) is 9.47 Å². The van der Waals surface area contributed by atoms with E-state index in [0.717, 1.165) is 4.57 Å². The second kappa shape index (κ2) is 9.25. The van der Waals surface area contributed by atoms with E-state index in [2.05, 4.69) is 10.3 Å². The largest absolute Gasteiger partial charge is 0.497 e. The summed E-state index contributed by atoms with van der Waals surface area (Å²) in [5.74, 6) is 2.06. The molecule has 168 valence electrons. The molecule has 2 N–H and O–H groups in total. The molecular weight excluding hydrogens is 402 g/mol. The Bertz CT molecular complexity index is 1160. The molecular formula is C21H29N5O5. The Balaban J connectivity index is 1.90. The summed E-state index contributed by atoms with van der Waals surface area (Å²) in [6.07, 6.45) is -0.916. The van der Waals surface area contributed by atoms with Crippen molar-refractivity contribution in [2.45, 2.75) is 26.5 Å². The average molecular weight is 431 g/mol. The molecule has 0 spiro atoms. The normalized spacial score (nSPS) is 12.4. The van der Waals surface area contributed by atoms with E-state index in [1.165, 1.54) is 11.6 Å². The molecule has 0 saturated carbocycles. The zero-order valence-corrected chi connectivity index (χ0v) is 18.5. The van der Waals surface area contributed by atoms with Crippen molar-refractivity contribution in [3.8, 4) is 11.5 Å². The predicted molar refractivity (Wildman–Crippen MR) is 118 cm³/mol. The maximum atomic E-state index is 12.8. The number of hydrogen-bond acceptors (Lipinski definition) is 7. The molecule has 0 radical (unpaired) electrons. The van der Waals surface area contributed by atoms with Gasteiger partial charge in [-0.05, 0) is 30.2 Å². The van der Waals surface area contributed by atoms with E-state index in [9.17, 15) is 14.7 Å². The second-order valence-corrected chi connectivity index (χ2v) is 7.84. The minimum Gasteiger partial charge on any atom is -0.497 e. The Morgan fingerprint density at radius 1 is 1.10 bits per heavy atom. The number of fused-ring (bicyclic) bond motifs is 1. The van der Waals surface area contributed by atoms with Crippen LogP contribution in [0.3, 0.4) is 0 Å². The smallest absolute Gasteiger partial charge is 0.332 e. The van der Waals surface area contributed by atoms with Gasteiger partial charge in [0, 0.05) is 20.6 Å². The van der Waals surface area contributed by atoms with Crippen LogP contribution in [0.5, 0.6) is 11.5 Å². The van der Waals surface area contributed by atoms with E-state index in [0.29, 0.717) is 29.9 Å². The topological polar surface area (TPSA) is 113 Å². The molecule has 0 saturated heterocycles. The molecule has 3 rings (SSSR count). The van der Waals surface area contributed by atoms with Crippen molar-refractivity contribution in [3.63, 3.8) is 0 Å². The van der Waals surface area contributed by atoms with Gasteiger partial charge in [-0.25, -0.2) is 4.79 Å². The zero-order valence-electron chi connectivity index (χ0n) is 18.5. The minimum absolute atomic E-state index is 0.0156. The number of aliphatic hydroxyl groups is 1. The van der Waals surface area contributed by atoms with Gasteiger partial charge in [0.2, 0.25) is 5.95 Å². The molecule has 0 aliphatic rings. The van der Waals surface area contributed by atoms with E-state index < -0.39 is 17.4 Å². The summed E-state index contributed by atoms with van der Waals surface area (Å²) in [6, 6.07) is 7.03. The summed E-state index contributed by atoms with van der Waals surface area (Å²) in [4.78, 5) is 29.6. The molecule has 10 nitrogen and oxygen atoms in total. The predicted octanol–water partition coefficient (Wildman–Crippen LogP) is 0.950. The number of aromatic nitrogens is 4. The number of benzene rings is 1. The van der Waals surface area contributed by atoms with Gasteiger partial charge in [-0.15, -0.1) is 0 Å². The van der Waals surface area contributed by atoms with Gasteiger partial charge in [0.05, 0.1) is 13.7 Å². The standard InChI is InChI=1S/C21H29N5O5/c1-13(2)10-22-20-23-18-17(19(28)25(4)21(29)24(18)3)26(20)11-14(27)12-31-16-8-6-15(30-5)7-9-16/h6-9,13-14,27H,10-12H2,1-5H3,(H,22,23). The number of imidazole rings is 1. The molecule has 1 unspecified atom stereocenters. The van der Waals surface area contributed by atoms with E-state index in [1.807, 2.05) is 13.8 Å². The van der Waals surface area contributed by atoms with Gasteiger partial charge in [-0.1, -0.05) is 13.8 Å². The molecule has 0 aliphatic carbocycles. The summed E-state index contributed by atoms with van der Waals surface area (Å²) in [6.45, 7) is 4.80. The van der Waals surface area contributed by atoms with Crippen LogP contribution in [0.25, 0.3) is 11.2 Å². The fourth-order valence-electron chi connectivity index (χ4n) is 3.18. The van der Waals surface area contributed by atoms with Crippen molar-refractivity contribution < 1.29 is 14.6 Å². The van der Waals surface area contributed by atoms with Crippen LogP contribution in [0.1, 0.15) is 13.8 Å². The fourth-order valence-corrected chi connectivity index (χ4v) is 3.18. The van der Waals surface area contributed by atoms with E-state index in [-0.39, 0.29) is 24.3 Å². The Kier molecular flexibility index (Phi) is 6.69. The Hall–Kier alpha value is -3.27. The highest BCUT2D eigenvalue weighted by atomic mass is 16.5. The van der Waals surface area contributed by atoms with Crippen LogP contribution >= 0.6 is 0 Å². The summed E-state index contributed by atoms with van der Waals surface area (Å²) < 4.78 is 14.8. The molecule has 0 amide bonds. The second-order valence-electron chi connectivity index (χ2n) is 7.84. The summed E-state index contributed by atoms with van der Waals surface area (Å²) >= 11 is 0. The number of aliphatic hydroxyl groups excluding tert-OH is 1. The number of hydrogen-bond donors (Lipinski definition) is 2. The number of aryl methyl sites for hydroxylation is 1. The Labute approximate surface area is 179 Å². The third-order valence-corrected chi connectivity index (χ3v) is 4.91. The van der Waals surface area contributed by atoms with Gasteiger partial charge in [0.25, 0.3) is 5.56 Å². The number of methoxy groups -OCH3 is 1. The van der Waals surface area contributed by atoms with Gasteiger partial charge >= 0.3 is 5.69 Å². The first kappa shape index (κ1) is 22.4. The lowest BCUT2D eigenvalue weighted by molar-refractivity contribution is 0.0938. The van der Waals surface area contributed by atoms with Gasteiger partial charge in [-0.3, -0.25) is 13.9 Å². The van der Waals surface area contributed by atoms with Crippen molar-refractivity contribution in [1.82, 2.24) is 18.7 Å². The van der Waals surface area contributed by atoms with Gasteiger partial charge < -0.3 is 24.5 Å². The van der Waals surface area contributed by atoms with Crippen LogP contribution in [0.15, 0.2) is 33.9 Å². The Morgan fingerprint density at radius 3 is 2.35 bits per heavy atom. The molecule has 3 aromatic rings. The third-order valence-electron chi connectivity index (χ3n) is 4.91. The molecule has 1 aromatic carbocycles. The van der Waals surface area contributed by atoms with Gasteiger partial charge in [0.15, 0.2) is 11.2 Å². The van der Waals surface area contributed by atoms with Crippen LogP contribution in [0.4, 0.5) is 5.95 Å². The lowest BCUT2D eigenvalue weighted by atomic mass is 10.2.